The zero-order chi connectivity index (χ0) is 18.6. The topological polar surface area (TPSA) is 54.9 Å². The van der Waals surface area contributed by atoms with Crippen molar-refractivity contribution >= 4 is 17.3 Å². The molecule has 1 atom stereocenters. The first kappa shape index (κ1) is 20.3. The van der Waals surface area contributed by atoms with E-state index in [0.29, 0.717) is 19.1 Å². The highest BCUT2D eigenvalue weighted by molar-refractivity contribution is 7.10. The molecule has 0 spiro atoms. The maximum Gasteiger partial charge on any atom is 0.190 e. The number of rotatable bonds is 10. The van der Waals surface area contributed by atoms with E-state index in [1.807, 2.05) is 24.3 Å². The van der Waals surface area contributed by atoms with Crippen LogP contribution in [0.3, 0.4) is 0 Å². The lowest BCUT2D eigenvalue weighted by Gasteiger charge is -2.15. The molecule has 0 saturated heterocycles. The van der Waals surface area contributed by atoms with Crippen molar-refractivity contribution in [3.63, 3.8) is 0 Å². The Hall–Kier alpha value is -2.05. The standard InChI is InChI=1S/C20H29N3O2S/c1-16(19-6-4-13-26-19)14-23-20(21-2)22-11-5-12-25-15-17-7-9-18(24-3)10-8-17/h4,6-10,13,16H,5,11-12,14-15H2,1-3H3,(H2,21,22,23). The van der Waals surface area contributed by atoms with E-state index < -0.39 is 0 Å². The Morgan fingerprint density at radius 1 is 1.19 bits per heavy atom. The number of ether oxygens (including phenoxy) is 2. The Bertz CT molecular complexity index is 642. The van der Waals surface area contributed by atoms with Crippen molar-refractivity contribution in [2.45, 2.75) is 25.9 Å². The minimum absolute atomic E-state index is 0.473. The summed E-state index contributed by atoms with van der Waals surface area (Å²) in [5.74, 6) is 2.18. The first-order valence-electron chi connectivity index (χ1n) is 8.91. The van der Waals surface area contributed by atoms with Crippen molar-refractivity contribution in [1.29, 1.82) is 0 Å². The van der Waals surface area contributed by atoms with Gasteiger partial charge in [-0.2, -0.15) is 0 Å². The zero-order valence-electron chi connectivity index (χ0n) is 15.8. The predicted octanol–water partition coefficient (Wildman–Crippen LogP) is 3.63. The molecule has 0 bridgehead atoms. The van der Waals surface area contributed by atoms with Crippen LogP contribution in [0.1, 0.15) is 29.7 Å². The summed E-state index contributed by atoms with van der Waals surface area (Å²) in [7, 11) is 3.47. The van der Waals surface area contributed by atoms with Crippen LogP contribution in [0.2, 0.25) is 0 Å². The molecule has 1 aromatic carbocycles. The van der Waals surface area contributed by atoms with E-state index in [2.05, 4.69) is 40.1 Å². The second-order valence-corrected chi connectivity index (χ2v) is 7.03. The molecule has 5 nitrogen and oxygen atoms in total. The van der Waals surface area contributed by atoms with Gasteiger partial charge in [0, 0.05) is 37.5 Å². The summed E-state index contributed by atoms with van der Waals surface area (Å²) in [6, 6.07) is 12.2. The van der Waals surface area contributed by atoms with E-state index in [-0.39, 0.29) is 0 Å². The fourth-order valence-electron chi connectivity index (χ4n) is 2.44. The third-order valence-corrected chi connectivity index (χ3v) is 5.12. The average Bonchev–Trinajstić information content (AvgIpc) is 3.22. The molecule has 0 saturated carbocycles. The SMILES string of the molecule is CN=C(NCCCOCc1ccc(OC)cc1)NCC(C)c1cccs1. The Balaban J connectivity index is 1.56. The van der Waals surface area contributed by atoms with Crippen molar-refractivity contribution in [3.05, 3.63) is 52.2 Å². The fraction of sp³-hybridized carbons (Fsp3) is 0.450. The lowest BCUT2D eigenvalue weighted by atomic mass is 10.1. The van der Waals surface area contributed by atoms with Gasteiger partial charge in [-0.15, -0.1) is 11.3 Å². The van der Waals surface area contributed by atoms with Crippen molar-refractivity contribution in [2.24, 2.45) is 4.99 Å². The van der Waals surface area contributed by atoms with Crippen LogP contribution in [0.25, 0.3) is 0 Å². The molecular weight excluding hydrogens is 346 g/mol. The first-order chi connectivity index (χ1) is 12.7. The number of nitrogens with zero attached hydrogens (tertiary/aromatic N) is 1. The molecule has 6 heteroatoms. The molecule has 0 fully saturated rings. The number of benzene rings is 1. The number of guanidine groups is 1. The maximum absolute atomic E-state index is 5.72. The Kier molecular flexibility index (Phi) is 9.00. The summed E-state index contributed by atoms with van der Waals surface area (Å²) in [4.78, 5) is 5.66. The molecule has 0 amide bonds. The van der Waals surface area contributed by atoms with Gasteiger partial charge in [0.2, 0.25) is 0 Å². The summed E-state index contributed by atoms with van der Waals surface area (Å²) in [6.07, 6.45) is 0.928. The molecule has 0 aliphatic carbocycles. The van der Waals surface area contributed by atoms with Gasteiger partial charge in [-0.3, -0.25) is 4.99 Å². The second kappa shape index (κ2) is 11.5. The highest BCUT2D eigenvalue weighted by Gasteiger charge is 2.07. The summed E-state index contributed by atoms with van der Waals surface area (Å²) in [5.41, 5.74) is 1.15. The van der Waals surface area contributed by atoms with Crippen molar-refractivity contribution in [1.82, 2.24) is 10.6 Å². The van der Waals surface area contributed by atoms with E-state index >= 15 is 0 Å². The summed E-state index contributed by atoms with van der Waals surface area (Å²) >= 11 is 1.79. The Morgan fingerprint density at radius 3 is 2.65 bits per heavy atom. The number of nitrogens with one attached hydrogen (secondary N) is 2. The van der Waals surface area contributed by atoms with Gasteiger partial charge >= 0.3 is 0 Å². The number of hydrogen-bond acceptors (Lipinski definition) is 4. The van der Waals surface area contributed by atoms with Crippen molar-refractivity contribution in [3.8, 4) is 5.75 Å². The lowest BCUT2D eigenvalue weighted by molar-refractivity contribution is 0.119. The van der Waals surface area contributed by atoms with Gasteiger partial charge in [0.15, 0.2) is 5.96 Å². The number of methoxy groups -OCH3 is 1. The molecule has 2 N–H and O–H groups in total. The van der Waals surface area contributed by atoms with Gasteiger partial charge in [0.05, 0.1) is 13.7 Å². The second-order valence-electron chi connectivity index (χ2n) is 6.05. The Labute approximate surface area is 160 Å². The van der Waals surface area contributed by atoms with Crippen LogP contribution in [0.5, 0.6) is 5.75 Å². The van der Waals surface area contributed by atoms with Crippen LogP contribution in [0.4, 0.5) is 0 Å². The molecule has 2 aromatic rings. The average molecular weight is 376 g/mol. The van der Waals surface area contributed by atoms with Crippen LogP contribution < -0.4 is 15.4 Å². The van der Waals surface area contributed by atoms with E-state index in [0.717, 1.165) is 36.8 Å². The zero-order valence-corrected chi connectivity index (χ0v) is 16.6. The van der Waals surface area contributed by atoms with Crippen LogP contribution in [0.15, 0.2) is 46.8 Å². The number of aliphatic imine (C=N–C) groups is 1. The minimum atomic E-state index is 0.473. The summed E-state index contributed by atoms with van der Waals surface area (Å²) < 4.78 is 10.9. The van der Waals surface area contributed by atoms with E-state index in [1.54, 1.807) is 25.5 Å². The van der Waals surface area contributed by atoms with Crippen LogP contribution in [-0.4, -0.2) is 39.8 Å². The van der Waals surface area contributed by atoms with Gasteiger partial charge in [-0.05, 0) is 35.6 Å². The third-order valence-electron chi connectivity index (χ3n) is 4.01. The lowest BCUT2D eigenvalue weighted by Crippen LogP contribution is -2.39. The molecule has 0 aliphatic heterocycles. The number of thiophene rings is 1. The van der Waals surface area contributed by atoms with Gasteiger partial charge in [-0.25, -0.2) is 0 Å². The maximum atomic E-state index is 5.72. The monoisotopic (exact) mass is 375 g/mol. The third kappa shape index (κ3) is 7.06. The van der Waals surface area contributed by atoms with E-state index in [9.17, 15) is 0 Å². The van der Waals surface area contributed by atoms with Crippen LogP contribution in [0, 0.1) is 0 Å². The molecule has 142 valence electrons. The van der Waals surface area contributed by atoms with Gasteiger partial charge in [0.1, 0.15) is 5.75 Å². The minimum Gasteiger partial charge on any atom is -0.497 e. The molecular formula is C20H29N3O2S. The Morgan fingerprint density at radius 2 is 2.00 bits per heavy atom. The fourth-order valence-corrected chi connectivity index (χ4v) is 3.22. The number of hydrogen-bond donors (Lipinski definition) is 2. The van der Waals surface area contributed by atoms with Crippen LogP contribution >= 0.6 is 11.3 Å². The smallest absolute Gasteiger partial charge is 0.190 e. The molecule has 26 heavy (non-hydrogen) atoms. The quantitative estimate of drug-likeness (QED) is 0.378. The first-order valence-corrected chi connectivity index (χ1v) is 9.79. The molecule has 2 rings (SSSR count). The van der Waals surface area contributed by atoms with Gasteiger partial charge in [-0.1, -0.05) is 25.1 Å². The van der Waals surface area contributed by atoms with E-state index in [1.165, 1.54) is 4.88 Å². The summed E-state index contributed by atoms with van der Waals surface area (Å²) in [6.45, 7) is 5.25. The molecule has 1 aromatic heterocycles. The van der Waals surface area contributed by atoms with E-state index in [4.69, 9.17) is 9.47 Å². The largest absolute Gasteiger partial charge is 0.497 e. The summed E-state index contributed by atoms with van der Waals surface area (Å²) in [5, 5.41) is 8.82. The highest BCUT2D eigenvalue weighted by Crippen LogP contribution is 2.19. The highest BCUT2D eigenvalue weighted by atomic mass is 32.1. The normalized spacial score (nSPS) is 12.7. The van der Waals surface area contributed by atoms with Crippen LogP contribution in [-0.2, 0) is 11.3 Å². The van der Waals surface area contributed by atoms with Crippen molar-refractivity contribution in [2.75, 3.05) is 33.9 Å². The molecule has 1 heterocycles. The van der Waals surface area contributed by atoms with Gasteiger partial charge < -0.3 is 20.1 Å². The molecule has 0 aliphatic rings. The van der Waals surface area contributed by atoms with Crippen molar-refractivity contribution < 1.29 is 9.47 Å². The van der Waals surface area contributed by atoms with Gasteiger partial charge in [0.25, 0.3) is 0 Å². The molecule has 0 radical (unpaired) electrons. The molecule has 1 unspecified atom stereocenters. The predicted molar refractivity (Wildman–Crippen MR) is 109 cm³/mol.